The van der Waals surface area contributed by atoms with Crippen LogP contribution in [0.25, 0.3) is 11.2 Å². The first-order valence-electron chi connectivity index (χ1n) is 13.3. The molecule has 0 bridgehead atoms. The summed E-state index contributed by atoms with van der Waals surface area (Å²) in [6, 6.07) is 17.0. The number of nitrogens with zero attached hydrogens (tertiary/aromatic N) is 5. The molecule has 9 nitrogen and oxygen atoms in total. The third-order valence-electron chi connectivity index (χ3n) is 7.31. The lowest BCUT2D eigenvalue weighted by atomic mass is 10.1. The summed E-state index contributed by atoms with van der Waals surface area (Å²) in [6.45, 7) is 3.77. The molecule has 0 radical (unpaired) electrons. The van der Waals surface area contributed by atoms with Crippen LogP contribution in [0.1, 0.15) is 46.8 Å². The average molecular weight is 548 g/mol. The fourth-order valence-corrected chi connectivity index (χ4v) is 5.36. The van der Waals surface area contributed by atoms with Gasteiger partial charge in [-0.05, 0) is 55.2 Å². The lowest BCUT2D eigenvalue weighted by Crippen LogP contribution is -2.39. The van der Waals surface area contributed by atoms with E-state index in [1.54, 1.807) is 6.07 Å². The van der Waals surface area contributed by atoms with Crippen LogP contribution in [0.5, 0.6) is 5.88 Å². The number of hydrogen-bond donors (Lipinski definition) is 1. The number of carboxylic acids is 1. The van der Waals surface area contributed by atoms with Crippen molar-refractivity contribution in [2.45, 2.75) is 51.0 Å². The van der Waals surface area contributed by atoms with Crippen molar-refractivity contribution in [2.75, 3.05) is 19.7 Å². The van der Waals surface area contributed by atoms with Gasteiger partial charge in [-0.2, -0.15) is 0 Å². The molecule has 2 saturated heterocycles. The fraction of sp³-hybridized carbons (Fsp3) is 0.379. The molecule has 6 rings (SSSR count). The van der Waals surface area contributed by atoms with E-state index < -0.39 is 5.97 Å². The maximum atomic E-state index is 11.5. The second-order valence-electron chi connectivity index (χ2n) is 10.1. The highest BCUT2D eigenvalue weighted by molar-refractivity contribution is 6.30. The van der Waals surface area contributed by atoms with Gasteiger partial charge in [-0.1, -0.05) is 29.8 Å². The fourth-order valence-electron chi connectivity index (χ4n) is 5.15. The van der Waals surface area contributed by atoms with E-state index >= 15 is 0 Å². The van der Waals surface area contributed by atoms with Crippen molar-refractivity contribution in [1.29, 1.82) is 0 Å². The first kappa shape index (κ1) is 25.7. The predicted molar refractivity (Wildman–Crippen MR) is 146 cm³/mol. The number of halogens is 1. The Bertz CT molecular complexity index is 1480. The van der Waals surface area contributed by atoms with Crippen LogP contribution < -0.4 is 4.74 Å². The van der Waals surface area contributed by atoms with E-state index in [0.29, 0.717) is 36.6 Å². The molecule has 0 spiro atoms. The van der Waals surface area contributed by atoms with Gasteiger partial charge in [0.2, 0.25) is 5.88 Å². The number of ether oxygens (including phenoxy) is 2. The third-order valence-corrected chi connectivity index (χ3v) is 7.55. The minimum atomic E-state index is -1.04. The van der Waals surface area contributed by atoms with Gasteiger partial charge in [-0.3, -0.25) is 4.90 Å². The Balaban J connectivity index is 1.09. The topological polar surface area (TPSA) is 103 Å². The van der Waals surface area contributed by atoms with Crippen molar-refractivity contribution in [3.8, 4) is 5.88 Å². The van der Waals surface area contributed by atoms with Crippen LogP contribution in [0.2, 0.25) is 5.02 Å². The van der Waals surface area contributed by atoms with Crippen molar-refractivity contribution in [3.63, 3.8) is 0 Å². The standard InChI is InChI=1S/C29H30ClN5O4/c30-20-4-1-3-19(15-20)16-21-5-2-6-27(31-21)39-22-9-12-34(13-10-22)18-26-32-24-7-8-25(29(36)37)33-28(24)35(26)17-23-11-14-38-23/h1-8,15,22-23H,9-14,16-18H2,(H,36,37). The van der Waals surface area contributed by atoms with Crippen LogP contribution in [-0.2, 0) is 24.2 Å². The Morgan fingerprint density at radius 2 is 1.87 bits per heavy atom. The Morgan fingerprint density at radius 1 is 1.05 bits per heavy atom. The number of likely N-dealkylation sites (tertiary alicyclic amines) is 1. The van der Waals surface area contributed by atoms with Gasteiger partial charge in [0.15, 0.2) is 11.3 Å². The summed E-state index contributed by atoms with van der Waals surface area (Å²) >= 11 is 6.13. The van der Waals surface area contributed by atoms with E-state index in [9.17, 15) is 9.90 Å². The molecular weight excluding hydrogens is 518 g/mol. The van der Waals surface area contributed by atoms with E-state index in [4.69, 9.17) is 31.0 Å². The van der Waals surface area contributed by atoms with Crippen LogP contribution >= 0.6 is 11.6 Å². The van der Waals surface area contributed by atoms with Crippen LogP contribution in [-0.4, -0.2) is 67.4 Å². The Morgan fingerprint density at radius 3 is 2.62 bits per heavy atom. The summed E-state index contributed by atoms with van der Waals surface area (Å²) in [5.41, 5.74) is 3.39. The molecule has 2 aliphatic rings. The predicted octanol–water partition coefficient (Wildman–Crippen LogP) is 4.60. The number of rotatable bonds is 9. The Labute approximate surface area is 231 Å². The number of pyridine rings is 2. The van der Waals surface area contributed by atoms with Gasteiger partial charge in [0.25, 0.3) is 0 Å². The minimum Gasteiger partial charge on any atom is -0.477 e. The van der Waals surface area contributed by atoms with Crippen LogP contribution in [0, 0.1) is 0 Å². The van der Waals surface area contributed by atoms with Crippen LogP contribution in [0.15, 0.2) is 54.6 Å². The number of aromatic carboxylic acids is 1. The van der Waals surface area contributed by atoms with Crippen LogP contribution in [0.3, 0.4) is 0 Å². The summed E-state index contributed by atoms with van der Waals surface area (Å²) in [4.78, 5) is 27.8. The van der Waals surface area contributed by atoms with Crippen molar-refractivity contribution >= 4 is 28.7 Å². The molecule has 1 N–H and O–H groups in total. The summed E-state index contributed by atoms with van der Waals surface area (Å²) in [7, 11) is 0. The van der Waals surface area contributed by atoms with Gasteiger partial charge in [0.1, 0.15) is 17.4 Å². The Kier molecular flexibility index (Phi) is 7.45. The lowest BCUT2D eigenvalue weighted by Gasteiger charge is -2.32. The number of aromatic nitrogens is 4. The molecule has 39 heavy (non-hydrogen) atoms. The lowest BCUT2D eigenvalue weighted by molar-refractivity contribution is -0.0593. The maximum Gasteiger partial charge on any atom is 0.354 e. The van der Waals surface area contributed by atoms with Crippen LogP contribution in [0.4, 0.5) is 0 Å². The molecule has 1 unspecified atom stereocenters. The van der Waals surface area contributed by atoms with E-state index in [0.717, 1.165) is 61.1 Å². The number of carboxylic acid groups (broad SMARTS) is 1. The van der Waals surface area contributed by atoms with Crippen molar-refractivity contribution in [3.05, 3.63) is 82.4 Å². The summed E-state index contributed by atoms with van der Waals surface area (Å²) in [5.74, 6) is 0.485. The largest absolute Gasteiger partial charge is 0.477 e. The quantitative estimate of drug-likeness (QED) is 0.324. The molecule has 1 atom stereocenters. The normalized spacial score (nSPS) is 18.2. The second kappa shape index (κ2) is 11.3. The molecule has 1 aromatic carbocycles. The highest BCUT2D eigenvalue weighted by atomic mass is 35.5. The van der Waals surface area contributed by atoms with Gasteiger partial charge in [-0.25, -0.2) is 19.7 Å². The number of hydrogen-bond acceptors (Lipinski definition) is 7. The van der Waals surface area contributed by atoms with Gasteiger partial charge in [0, 0.05) is 42.9 Å². The molecule has 0 saturated carbocycles. The number of piperidine rings is 1. The minimum absolute atomic E-state index is 0.0212. The van der Waals surface area contributed by atoms with Crippen molar-refractivity contribution in [1.82, 2.24) is 24.4 Å². The highest BCUT2D eigenvalue weighted by Crippen LogP contribution is 2.24. The number of fused-ring (bicyclic) bond motifs is 1. The molecule has 0 aliphatic carbocycles. The highest BCUT2D eigenvalue weighted by Gasteiger charge is 2.26. The van der Waals surface area contributed by atoms with Crippen molar-refractivity contribution < 1.29 is 19.4 Å². The molecular formula is C29H30ClN5O4. The van der Waals surface area contributed by atoms with Gasteiger partial charge in [0.05, 0.1) is 19.2 Å². The average Bonchev–Trinajstić information content (AvgIpc) is 3.23. The van der Waals surface area contributed by atoms with Crippen molar-refractivity contribution in [2.24, 2.45) is 0 Å². The zero-order valence-corrected chi connectivity index (χ0v) is 22.3. The molecule has 2 fully saturated rings. The molecule has 5 heterocycles. The first-order chi connectivity index (χ1) is 19.0. The molecule has 3 aromatic heterocycles. The maximum absolute atomic E-state index is 11.5. The molecule has 4 aromatic rings. The monoisotopic (exact) mass is 547 g/mol. The van der Waals surface area contributed by atoms with E-state index in [1.165, 1.54) is 6.07 Å². The zero-order valence-electron chi connectivity index (χ0n) is 21.5. The summed E-state index contributed by atoms with van der Waals surface area (Å²) < 4.78 is 14.0. The van der Waals surface area contributed by atoms with Gasteiger partial charge >= 0.3 is 5.97 Å². The van der Waals surface area contributed by atoms with E-state index in [-0.39, 0.29) is 17.9 Å². The van der Waals surface area contributed by atoms with E-state index in [2.05, 4.69) is 9.88 Å². The molecule has 2 aliphatic heterocycles. The summed E-state index contributed by atoms with van der Waals surface area (Å²) in [6.07, 6.45) is 3.65. The van der Waals surface area contributed by atoms with Gasteiger partial charge < -0.3 is 19.1 Å². The summed E-state index contributed by atoms with van der Waals surface area (Å²) in [5, 5.41) is 10.1. The number of imidazole rings is 1. The molecule has 0 amide bonds. The SMILES string of the molecule is O=C(O)c1ccc2nc(CN3CCC(Oc4cccc(Cc5cccc(Cl)c5)n4)CC3)n(CC3CCO3)c2n1. The third kappa shape index (κ3) is 6.06. The zero-order chi connectivity index (χ0) is 26.8. The van der Waals surface area contributed by atoms with Gasteiger partial charge in [-0.15, -0.1) is 0 Å². The number of carbonyl (C=O) groups is 1. The van der Waals surface area contributed by atoms with E-state index in [1.807, 2.05) is 47.0 Å². The smallest absolute Gasteiger partial charge is 0.354 e. The first-order valence-corrected chi connectivity index (χ1v) is 13.7. The molecule has 10 heteroatoms. The molecule has 202 valence electrons. The second-order valence-corrected chi connectivity index (χ2v) is 10.6. The number of benzene rings is 1. The Hall–Kier alpha value is -3.53.